The third-order valence-corrected chi connectivity index (χ3v) is 2.52. The van der Waals surface area contributed by atoms with Crippen molar-refractivity contribution in [2.75, 3.05) is 13.6 Å². The summed E-state index contributed by atoms with van der Waals surface area (Å²) in [4.78, 5) is 23.1. The van der Waals surface area contributed by atoms with Crippen molar-refractivity contribution in [1.29, 1.82) is 0 Å². The maximum atomic E-state index is 13.0. The largest absolute Gasteiger partial charge is 0.361 e. The summed E-state index contributed by atoms with van der Waals surface area (Å²) < 4.78 is 13.0. The van der Waals surface area contributed by atoms with Gasteiger partial charge < -0.3 is 10.6 Å². The first-order valence-electron chi connectivity index (χ1n) is 5.21. The van der Waals surface area contributed by atoms with Crippen LogP contribution in [0.15, 0.2) is 18.2 Å². The number of benzene rings is 1. The van der Waals surface area contributed by atoms with E-state index in [0.29, 0.717) is 18.5 Å². The summed E-state index contributed by atoms with van der Waals surface area (Å²) in [5.41, 5.74) is 6.34. The van der Waals surface area contributed by atoms with Crippen LogP contribution < -0.4 is 5.73 Å². The Balaban J connectivity index is 2.58. The summed E-state index contributed by atoms with van der Waals surface area (Å²) >= 11 is 0. The summed E-state index contributed by atoms with van der Waals surface area (Å²) in [6, 6.07) is 4.77. The lowest BCUT2D eigenvalue weighted by molar-refractivity contribution is -0.143. The molecule has 0 fully saturated rings. The molecule has 0 radical (unpaired) electrons. The number of hydrogen-bond acceptors (Lipinski definition) is 2. The number of likely N-dealkylation sites (N-methyl/N-ethyl adjacent to an activating group) is 1. The van der Waals surface area contributed by atoms with E-state index in [1.165, 1.54) is 18.0 Å². The fourth-order valence-electron chi connectivity index (χ4n) is 1.45. The van der Waals surface area contributed by atoms with Gasteiger partial charge in [-0.2, -0.15) is 0 Å². The van der Waals surface area contributed by atoms with Gasteiger partial charge in [-0.3, -0.25) is 9.59 Å². The lowest BCUT2D eigenvalue weighted by atomic mass is 10.1. The highest BCUT2D eigenvalue weighted by molar-refractivity contribution is 6.34. The number of rotatable bonds is 3. The van der Waals surface area contributed by atoms with Gasteiger partial charge in [-0.25, -0.2) is 4.39 Å². The second-order valence-electron chi connectivity index (χ2n) is 3.92. The van der Waals surface area contributed by atoms with Crippen LogP contribution in [0.1, 0.15) is 11.1 Å². The van der Waals surface area contributed by atoms with E-state index in [1.54, 1.807) is 19.1 Å². The van der Waals surface area contributed by atoms with E-state index in [4.69, 9.17) is 5.73 Å². The fourth-order valence-corrected chi connectivity index (χ4v) is 1.45. The Morgan fingerprint density at radius 1 is 1.41 bits per heavy atom. The Hall–Kier alpha value is -1.91. The van der Waals surface area contributed by atoms with E-state index in [2.05, 4.69) is 0 Å². The molecule has 0 atom stereocenters. The summed E-state index contributed by atoms with van der Waals surface area (Å²) in [6.45, 7) is 2.05. The predicted octanol–water partition coefficient (Wildman–Crippen LogP) is 0.620. The first kappa shape index (κ1) is 13.2. The van der Waals surface area contributed by atoms with Crippen molar-refractivity contribution in [3.05, 3.63) is 35.1 Å². The average molecular weight is 238 g/mol. The third-order valence-electron chi connectivity index (χ3n) is 2.52. The molecule has 1 aromatic carbocycles. The zero-order chi connectivity index (χ0) is 13.0. The van der Waals surface area contributed by atoms with Gasteiger partial charge >= 0.3 is 11.8 Å². The molecule has 0 unspecified atom stereocenters. The fraction of sp³-hybridized carbons (Fsp3) is 0.333. The molecule has 0 heterocycles. The Morgan fingerprint density at radius 2 is 2.06 bits per heavy atom. The third kappa shape index (κ3) is 3.55. The van der Waals surface area contributed by atoms with Crippen molar-refractivity contribution in [3.63, 3.8) is 0 Å². The van der Waals surface area contributed by atoms with E-state index < -0.39 is 11.8 Å². The predicted molar refractivity (Wildman–Crippen MR) is 61.7 cm³/mol. The number of nitrogens with zero attached hydrogens (tertiary/aromatic N) is 1. The van der Waals surface area contributed by atoms with Crippen LogP contribution >= 0.6 is 0 Å². The molecule has 92 valence electrons. The molecule has 0 aliphatic rings. The molecule has 1 aromatic rings. The van der Waals surface area contributed by atoms with Gasteiger partial charge in [0.25, 0.3) is 0 Å². The van der Waals surface area contributed by atoms with E-state index >= 15 is 0 Å². The standard InChI is InChI=1S/C12H15FN2O2/c1-8-7-9(3-4-10(8)13)5-6-15(2)12(17)11(14)16/h3-4,7H,5-6H2,1-2H3,(H2,14,16). The number of carbonyl (C=O) groups is 2. The van der Waals surface area contributed by atoms with E-state index in [9.17, 15) is 14.0 Å². The minimum Gasteiger partial charge on any atom is -0.361 e. The number of nitrogens with two attached hydrogens (primary N) is 1. The summed E-state index contributed by atoms with van der Waals surface area (Å²) in [6.07, 6.45) is 0.552. The van der Waals surface area contributed by atoms with Crippen LogP contribution in [0.4, 0.5) is 4.39 Å². The number of halogens is 1. The first-order chi connectivity index (χ1) is 7.91. The van der Waals surface area contributed by atoms with Crippen molar-refractivity contribution >= 4 is 11.8 Å². The van der Waals surface area contributed by atoms with Crippen molar-refractivity contribution in [3.8, 4) is 0 Å². The zero-order valence-corrected chi connectivity index (χ0v) is 9.87. The van der Waals surface area contributed by atoms with Gasteiger partial charge in [0.1, 0.15) is 5.82 Å². The molecule has 0 aliphatic heterocycles. The molecule has 1 rings (SSSR count). The molecule has 2 amide bonds. The molecule has 0 aliphatic carbocycles. The van der Waals surface area contributed by atoms with Crippen molar-refractivity contribution in [1.82, 2.24) is 4.90 Å². The van der Waals surface area contributed by atoms with E-state index in [1.807, 2.05) is 0 Å². The number of amides is 2. The van der Waals surface area contributed by atoms with E-state index in [0.717, 1.165) is 5.56 Å². The zero-order valence-electron chi connectivity index (χ0n) is 9.87. The van der Waals surface area contributed by atoms with Gasteiger partial charge in [0.2, 0.25) is 0 Å². The minimum atomic E-state index is -0.970. The highest BCUT2D eigenvalue weighted by Crippen LogP contribution is 2.10. The molecule has 0 saturated carbocycles. The maximum absolute atomic E-state index is 13.0. The molecule has 0 bridgehead atoms. The average Bonchev–Trinajstić information content (AvgIpc) is 2.29. The number of primary amides is 1. The molecule has 17 heavy (non-hydrogen) atoms. The van der Waals surface area contributed by atoms with Gasteiger partial charge in [0.05, 0.1) is 0 Å². The Morgan fingerprint density at radius 3 is 2.59 bits per heavy atom. The molecule has 0 aromatic heterocycles. The first-order valence-corrected chi connectivity index (χ1v) is 5.21. The molecule has 0 spiro atoms. The van der Waals surface area contributed by atoms with Crippen LogP contribution in [0, 0.1) is 12.7 Å². The van der Waals surface area contributed by atoms with Gasteiger partial charge in [-0.1, -0.05) is 12.1 Å². The second-order valence-corrected chi connectivity index (χ2v) is 3.92. The van der Waals surface area contributed by atoms with Crippen molar-refractivity contribution in [2.45, 2.75) is 13.3 Å². The number of aryl methyl sites for hydroxylation is 1. The van der Waals surface area contributed by atoms with Crippen molar-refractivity contribution in [2.24, 2.45) is 5.73 Å². The van der Waals surface area contributed by atoms with Gasteiger partial charge in [0.15, 0.2) is 0 Å². The van der Waals surface area contributed by atoms with Crippen LogP contribution in [0.3, 0.4) is 0 Å². The van der Waals surface area contributed by atoms with Gasteiger partial charge in [-0.15, -0.1) is 0 Å². The summed E-state index contributed by atoms with van der Waals surface area (Å²) in [5, 5.41) is 0. The van der Waals surface area contributed by atoms with Gasteiger partial charge in [-0.05, 0) is 30.5 Å². The monoisotopic (exact) mass is 238 g/mol. The van der Waals surface area contributed by atoms with Crippen LogP contribution in [0.5, 0.6) is 0 Å². The molecule has 0 saturated heterocycles. The normalized spacial score (nSPS) is 10.1. The number of hydrogen-bond donors (Lipinski definition) is 1. The Kier molecular flexibility index (Phi) is 4.20. The number of carbonyl (C=O) groups excluding carboxylic acids is 2. The molecule has 4 nitrogen and oxygen atoms in total. The van der Waals surface area contributed by atoms with Crippen LogP contribution in [-0.2, 0) is 16.0 Å². The molecular formula is C12H15FN2O2. The van der Waals surface area contributed by atoms with Gasteiger partial charge in [0, 0.05) is 13.6 Å². The molecule has 5 heteroatoms. The highest BCUT2D eigenvalue weighted by Gasteiger charge is 2.14. The summed E-state index contributed by atoms with van der Waals surface area (Å²) in [7, 11) is 1.50. The van der Waals surface area contributed by atoms with Crippen LogP contribution in [0.2, 0.25) is 0 Å². The van der Waals surface area contributed by atoms with Crippen LogP contribution in [0.25, 0.3) is 0 Å². The topological polar surface area (TPSA) is 63.4 Å². The quantitative estimate of drug-likeness (QED) is 0.785. The second kappa shape index (κ2) is 5.43. The molecule has 2 N–H and O–H groups in total. The Labute approximate surface area is 99.2 Å². The lowest BCUT2D eigenvalue weighted by Crippen LogP contribution is -2.38. The lowest BCUT2D eigenvalue weighted by Gasteiger charge is -2.15. The maximum Gasteiger partial charge on any atom is 0.311 e. The smallest absolute Gasteiger partial charge is 0.311 e. The van der Waals surface area contributed by atoms with Crippen molar-refractivity contribution < 1.29 is 14.0 Å². The Bertz CT molecular complexity index is 446. The highest BCUT2D eigenvalue weighted by atomic mass is 19.1. The van der Waals surface area contributed by atoms with E-state index in [-0.39, 0.29) is 5.82 Å². The SMILES string of the molecule is Cc1cc(CCN(C)C(=O)C(N)=O)ccc1F. The minimum absolute atomic E-state index is 0.254. The van der Waals surface area contributed by atoms with Crippen LogP contribution in [-0.4, -0.2) is 30.3 Å². The molecular weight excluding hydrogens is 223 g/mol. The summed E-state index contributed by atoms with van der Waals surface area (Å²) in [5.74, 6) is -1.94.